The summed E-state index contributed by atoms with van der Waals surface area (Å²) >= 11 is 0. The molecule has 0 radical (unpaired) electrons. The maximum atomic E-state index is 12.4. The molecule has 1 amide bonds. The van der Waals surface area contributed by atoms with Crippen LogP contribution in [0.3, 0.4) is 0 Å². The van der Waals surface area contributed by atoms with Gasteiger partial charge in [0.05, 0.1) is 18.8 Å². The first-order chi connectivity index (χ1) is 10.8. The van der Waals surface area contributed by atoms with Crippen molar-refractivity contribution in [2.45, 2.75) is 45.3 Å². The van der Waals surface area contributed by atoms with E-state index in [9.17, 15) is 4.79 Å². The molecule has 0 N–H and O–H groups in total. The first-order valence-electron chi connectivity index (χ1n) is 7.81. The third kappa shape index (κ3) is 2.72. The number of fused-ring (bicyclic) bond motifs is 1. The Morgan fingerprint density at radius 3 is 2.82 bits per heavy atom. The Bertz CT molecular complexity index is 659. The van der Waals surface area contributed by atoms with Crippen molar-refractivity contribution in [3.8, 4) is 0 Å². The second kappa shape index (κ2) is 5.51. The first kappa shape index (κ1) is 13.4. The second-order valence-corrected chi connectivity index (χ2v) is 6.16. The lowest BCUT2D eigenvalue weighted by molar-refractivity contribution is -0.132. The van der Waals surface area contributed by atoms with Crippen LogP contribution in [0.25, 0.3) is 0 Å². The maximum Gasteiger partial charge on any atom is 0.223 e. The molecule has 0 unspecified atom stereocenters. The molecule has 3 heterocycles. The van der Waals surface area contributed by atoms with Crippen molar-refractivity contribution >= 4 is 5.91 Å². The van der Waals surface area contributed by atoms with E-state index in [0.29, 0.717) is 25.4 Å². The van der Waals surface area contributed by atoms with Gasteiger partial charge in [0.25, 0.3) is 0 Å². The second-order valence-electron chi connectivity index (χ2n) is 6.16. The zero-order chi connectivity index (χ0) is 14.9. The lowest BCUT2D eigenvalue weighted by atomic mass is 10.2. The third-order valence-electron chi connectivity index (χ3n) is 4.37. The standard InChI is InChI=1S/C14H19N7O/c22-14(6-11-2-3-11)20-4-1-5-21-13(8-20)12(17-18-21)7-19-9-15-16-10-19/h9-11H,1-8H2. The van der Waals surface area contributed by atoms with Crippen molar-refractivity contribution in [3.05, 3.63) is 24.0 Å². The fraction of sp³-hybridized carbons (Fsp3) is 0.643. The van der Waals surface area contributed by atoms with E-state index < -0.39 is 0 Å². The van der Waals surface area contributed by atoms with Crippen molar-refractivity contribution < 1.29 is 4.79 Å². The highest BCUT2D eigenvalue weighted by molar-refractivity contribution is 5.76. The molecule has 1 fully saturated rings. The average molecular weight is 301 g/mol. The molecule has 0 atom stereocenters. The maximum absolute atomic E-state index is 12.4. The Kier molecular flexibility index (Phi) is 3.36. The summed E-state index contributed by atoms with van der Waals surface area (Å²) in [6.07, 6.45) is 7.37. The van der Waals surface area contributed by atoms with Gasteiger partial charge in [-0.05, 0) is 25.2 Å². The molecule has 2 aromatic rings. The molecule has 2 aliphatic rings. The van der Waals surface area contributed by atoms with E-state index in [1.54, 1.807) is 12.7 Å². The molecule has 1 saturated carbocycles. The molecule has 0 spiro atoms. The van der Waals surface area contributed by atoms with E-state index in [-0.39, 0.29) is 5.91 Å². The molecule has 22 heavy (non-hydrogen) atoms. The van der Waals surface area contributed by atoms with E-state index in [1.807, 2.05) is 14.1 Å². The van der Waals surface area contributed by atoms with Gasteiger partial charge < -0.3 is 9.47 Å². The fourth-order valence-corrected chi connectivity index (χ4v) is 2.90. The summed E-state index contributed by atoms with van der Waals surface area (Å²) in [5, 5.41) is 16.1. The number of amides is 1. The molecule has 0 bridgehead atoms. The Labute approximate surface area is 128 Å². The molecule has 0 aromatic carbocycles. The van der Waals surface area contributed by atoms with Crippen molar-refractivity contribution in [3.63, 3.8) is 0 Å². The number of carbonyl (C=O) groups is 1. The predicted octanol–water partition coefficient (Wildman–Crippen LogP) is 0.450. The number of rotatable bonds is 4. The van der Waals surface area contributed by atoms with Crippen LogP contribution in [0.2, 0.25) is 0 Å². The van der Waals surface area contributed by atoms with Gasteiger partial charge in [-0.2, -0.15) is 0 Å². The fourth-order valence-electron chi connectivity index (χ4n) is 2.90. The summed E-state index contributed by atoms with van der Waals surface area (Å²) in [5.41, 5.74) is 1.93. The van der Waals surface area contributed by atoms with Crippen LogP contribution in [0.4, 0.5) is 0 Å². The van der Waals surface area contributed by atoms with Crippen molar-refractivity contribution in [1.29, 1.82) is 0 Å². The zero-order valence-electron chi connectivity index (χ0n) is 12.4. The van der Waals surface area contributed by atoms with Gasteiger partial charge in [0.15, 0.2) is 0 Å². The summed E-state index contributed by atoms with van der Waals surface area (Å²) in [4.78, 5) is 14.4. The van der Waals surface area contributed by atoms with Crippen LogP contribution in [0, 0.1) is 5.92 Å². The minimum atomic E-state index is 0.271. The topological polar surface area (TPSA) is 81.7 Å². The molecular weight excluding hydrogens is 282 g/mol. The number of hydrogen-bond donors (Lipinski definition) is 0. The number of hydrogen-bond acceptors (Lipinski definition) is 5. The smallest absolute Gasteiger partial charge is 0.223 e. The number of aromatic nitrogens is 6. The highest BCUT2D eigenvalue weighted by Crippen LogP contribution is 2.33. The zero-order valence-corrected chi connectivity index (χ0v) is 12.4. The van der Waals surface area contributed by atoms with Crippen LogP contribution in [0.5, 0.6) is 0 Å². The Balaban J connectivity index is 1.53. The van der Waals surface area contributed by atoms with E-state index in [1.165, 1.54) is 12.8 Å². The summed E-state index contributed by atoms with van der Waals surface area (Å²) < 4.78 is 3.80. The summed E-state index contributed by atoms with van der Waals surface area (Å²) in [5.74, 6) is 0.891. The highest BCUT2D eigenvalue weighted by atomic mass is 16.2. The summed E-state index contributed by atoms with van der Waals surface area (Å²) in [7, 11) is 0. The van der Waals surface area contributed by atoms with E-state index >= 15 is 0 Å². The molecule has 2 aromatic heterocycles. The Morgan fingerprint density at radius 2 is 2.05 bits per heavy atom. The van der Waals surface area contributed by atoms with Gasteiger partial charge in [0, 0.05) is 19.5 Å². The van der Waals surface area contributed by atoms with Crippen LogP contribution in [-0.2, 0) is 24.4 Å². The Hall–Kier alpha value is -2.25. The van der Waals surface area contributed by atoms with Gasteiger partial charge in [-0.1, -0.05) is 5.21 Å². The summed E-state index contributed by atoms with van der Waals surface area (Å²) in [6, 6.07) is 0. The highest BCUT2D eigenvalue weighted by Gasteiger charge is 2.29. The minimum absolute atomic E-state index is 0.271. The predicted molar refractivity (Wildman–Crippen MR) is 76.5 cm³/mol. The van der Waals surface area contributed by atoms with Crippen LogP contribution < -0.4 is 0 Å². The van der Waals surface area contributed by atoms with Gasteiger partial charge in [-0.15, -0.1) is 15.3 Å². The van der Waals surface area contributed by atoms with Crippen molar-refractivity contribution in [1.82, 2.24) is 34.7 Å². The monoisotopic (exact) mass is 301 g/mol. The molecule has 8 heteroatoms. The van der Waals surface area contributed by atoms with Gasteiger partial charge in [-0.25, -0.2) is 4.68 Å². The van der Waals surface area contributed by atoms with E-state index in [2.05, 4.69) is 20.5 Å². The molecule has 0 saturated heterocycles. The van der Waals surface area contributed by atoms with Crippen molar-refractivity contribution in [2.24, 2.45) is 5.92 Å². The number of aryl methyl sites for hydroxylation is 1. The normalized spacial score (nSPS) is 18.1. The van der Waals surface area contributed by atoms with E-state index in [0.717, 1.165) is 30.9 Å². The van der Waals surface area contributed by atoms with Crippen molar-refractivity contribution in [2.75, 3.05) is 6.54 Å². The SMILES string of the molecule is O=C(CC1CC1)N1CCCn2nnc(Cn3cnnc3)c2C1. The number of carbonyl (C=O) groups excluding carboxylic acids is 1. The lowest BCUT2D eigenvalue weighted by Gasteiger charge is -2.20. The molecule has 4 rings (SSSR count). The van der Waals surface area contributed by atoms with Gasteiger partial charge in [0.1, 0.15) is 18.3 Å². The average Bonchev–Trinajstić information content (AvgIpc) is 3.11. The van der Waals surface area contributed by atoms with Crippen LogP contribution in [0.15, 0.2) is 12.7 Å². The molecule has 1 aliphatic carbocycles. The van der Waals surface area contributed by atoms with Gasteiger partial charge >= 0.3 is 0 Å². The van der Waals surface area contributed by atoms with Gasteiger partial charge in [0.2, 0.25) is 5.91 Å². The largest absolute Gasteiger partial charge is 0.337 e. The minimum Gasteiger partial charge on any atom is -0.337 e. The first-order valence-corrected chi connectivity index (χ1v) is 7.81. The molecule has 116 valence electrons. The van der Waals surface area contributed by atoms with Crippen LogP contribution >= 0.6 is 0 Å². The van der Waals surface area contributed by atoms with Gasteiger partial charge in [-0.3, -0.25) is 4.79 Å². The molecule has 8 nitrogen and oxygen atoms in total. The van der Waals surface area contributed by atoms with E-state index in [4.69, 9.17) is 0 Å². The van der Waals surface area contributed by atoms with Crippen LogP contribution in [0.1, 0.15) is 37.1 Å². The molecule has 1 aliphatic heterocycles. The van der Waals surface area contributed by atoms with Crippen LogP contribution in [-0.4, -0.2) is 47.1 Å². The third-order valence-corrected chi connectivity index (χ3v) is 4.37. The number of nitrogens with zero attached hydrogens (tertiary/aromatic N) is 7. The summed E-state index contributed by atoms with van der Waals surface area (Å²) in [6.45, 7) is 2.82. The molecular formula is C14H19N7O. The quantitative estimate of drug-likeness (QED) is 0.819. The lowest BCUT2D eigenvalue weighted by Crippen LogP contribution is -2.31. The Morgan fingerprint density at radius 1 is 1.23 bits per heavy atom.